The van der Waals surface area contributed by atoms with Crippen LogP contribution < -0.4 is 18.9 Å². The van der Waals surface area contributed by atoms with E-state index in [0.29, 0.717) is 6.79 Å². The Labute approximate surface area is 170 Å². The molecule has 2 aromatic carbocycles. The van der Waals surface area contributed by atoms with Gasteiger partial charge in [-0.1, -0.05) is 18.9 Å². The van der Waals surface area contributed by atoms with Crippen LogP contribution in [0.1, 0.15) is 47.9 Å². The van der Waals surface area contributed by atoms with Crippen molar-refractivity contribution in [2.24, 2.45) is 0 Å². The topological polar surface area (TPSA) is 40.2 Å². The molecule has 2 aromatic rings. The first-order valence-corrected chi connectivity index (χ1v) is 10.4. The van der Waals surface area contributed by atoms with Crippen LogP contribution in [0.2, 0.25) is 0 Å². The maximum Gasteiger partial charge on any atom is 0.231 e. The van der Waals surface area contributed by atoms with Crippen LogP contribution in [-0.4, -0.2) is 32.5 Å². The summed E-state index contributed by atoms with van der Waals surface area (Å²) in [5.74, 6) is 3.43. The van der Waals surface area contributed by atoms with Crippen molar-refractivity contribution in [3.63, 3.8) is 0 Å². The van der Waals surface area contributed by atoms with E-state index < -0.39 is 0 Å². The van der Waals surface area contributed by atoms with Crippen molar-refractivity contribution in [2.45, 2.75) is 37.6 Å². The highest BCUT2D eigenvalue weighted by atomic mass is 16.7. The molecule has 4 aliphatic rings. The van der Waals surface area contributed by atoms with Gasteiger partial charge in [-0.2, -0.15) is 0 Å². The Kier molecular flexibility index (Phi) is 3.58. The molecular weight excluding hydrogens is 366 g/mol. The summed E-state index contributed by atoms with van der Waals surface area (Å²) < 4.78 is 22.9. The zero-order chi connectivity index (χ0) is 19.6. The van der Waals surface area contributed by atoms with Crippen LogP contribution in [-0.2, 0) is 12.0 Å². The van der Waals surface area contributed by atoms with Gasteiger partial charge >= 0.3 is 0 Å². The predicted molar refractivity (Wildman–Crippen MR) is 111 cm³/mol. The second kappa shape index (κ2) is 6.09. The number of ether oxygens (including phenoxy) is 4. The molecule has 150 valence electrons. The summed E-state index contributed by atoms with van der Waals surface area (Å²) >= 11 is 0. The molecule has 0 N–H and O–H groups in total. The van der Waals surface area contributed by atoms with E-state index in [1.54, 1.807) is 14.2 Å². The fraction of sp³-hybridized carbons (Fsp3) is 0.417. The molecule has 0 atom stereocenters. The van der Waals surface area contributed by atoms with E-state index in [1.165, 1.54) is 40.8 Å². The summed E-state index contributed by atoms with van der Waals surface area (Å²) in [5, 5.41) is 0. The Morgan fingerprint density at radius 1 is 1.00 bits per heavy atom. The summed E-state index contributed by atoms with van der Waals surface area (Å²) in [6, 6.07) is 8.55. The van der Waals surface area contributed by atoms with Crippen LogP contribution in [0.15, 0.2) is 24.3 Å². The molecule has 6 rings (SSSR count). The smallest absolute Gasteiger partial charge is 0.231 e. The van der Waals surface area contributed by atoms with Crippen LogP contribution in [0, 0.1) is 0 Å². The van der Waals surface area contributed by atoms with Gasteiger partial charge in [0.25, 0.3) is 0 Å². The third-order valence-electron chi connectivity index (χ3n) is 7.05. The Morgan fingerprint density at radius 3 is 2.55 bits per heavy atom. The Balaban J connectivity index is 1.61. The van der Waals surface area contributed by atoms with Crippen LogP contribution in [0.3, 0.4) is 0 Å². The minimum absolute atomic E-state index is 0.0344. The molecule has 1 aliphatic carbocycles. The summed E-state index contributed by atoms with van der Waals surface area (Å²) in [7, 11) is 3.47. The van der Waals surface area contributed by atoms with Crippen molar-refractivity contribution in [3.05, 3.63) is 46.5 Å². The molecule has 1 fully saturated rings. The van der Waals surface area contributed by atoms with E-state index in [0.717, 1.165) is 48.8 Å². The van der Waals surface area contributed by atoms with Crippen LogP contribution >= 0.6 is 0 Å². The van der Waals surface area contributed by atoms with Gasteiger partial charge in [-0.15, -0.1) is 0 Å². The minimum Gasteiger partial charge on any atom is -0.493 e. The van der Waals surface area contributed by atoms with Crippen LogP contribution in [0.5, 0.6) is 23.0 Å². The second-order valence-corrected chi connectivity index (χ2v) is 8.30. The third-order valence-corrected chi connectivity index (χ3v) is 7.05. The molecule has 1 saturated carbocycles. The Hall–Kier alpha value is -2.82. The lowest BCUT2D eigenvalue weighted by molar-refractivity contribution is 0.152. The van der Waals surface area contributed by atoms with Crippen molar-refractivity contribution in [1.29, 1.82) is 0 Å². The lowest BCUT2D eigenvalue weighted by Crippen LogP contribution is -2.48. The second-order valence-electron chi connectivity index (χ2n) is 8.30. The first kappa shape index (κ1) is 17.1. The van der Waals surface area contributed by atoms with E-state index in [-0.39, 0.29) is 5.54 Å². The molecule has 5 heteroatoms. The van der Waals surface area contributed by atoms with E-state index in [4.69, 9.17) is 18.9 Å². The average molecular weight is 391 g/mol. The van der Waals surface area contributed by atoms with Gasteiger partial charge in [0, 0.05) is 23.4 Å². The summed E-state index contributed by atoms with van der Waals surface area (Å²) in [5.41, 5.74) is 6.41. The van der Waals surface area contributed by atoms with Crippen molar-refractivity contribution in [3.8, 4) is 23.0 Å². The molecule has 3 aliphatic heterocycles. The SMILES string of the molecule is COc1ccc2c(c1OC)C1(CCCC1)N1CCc3cc4c(cc3C1=C2)OCO4. The standard InChI is InChI=1S/C24H25NO4/c1-26-19-6-5-16-11-18-17-13-21-20(28-14-29-21)12-15(17)7-10-25(18)24(8-3-4-9-24)22(16)23(19)27-2/h5-6,11-13H,3-4,7-10,14H2,1-2H3. The molecule has 1 spiro atoms. The Morgan fingerprint density at radius 2 is 1.79 bits per heavy atom. The van der Waals surface area contributed by atoms with Crippen LogP contribution in [0.4, 0.5) is 0 Å². The monoisotopic (exact) mass is 391 g/mol. The molecular formula is C24H25NO4. The zero-order valence-electron chi connectivity index (χ0n) is 16.9. The zero-order valence-corrected chi connectivity index (χ0v) is 16.9. The molecule has 0 unspecified atom stereocenters. The summed E-state index contributed by atoms with van der Waals surface area (Å²) in [6.45, 7) is 1.31. The molecule has 29 heavy (non-hydrogen) atoms. The molecule has 5 nitrogen and oxygen atoms in total. The van der Waals surface area contributed by atoms with Crippen molar-refractivity contribution in [2.75, 3.05) is 27.6 Å². The number of methoxy groups -OCH3 is 2. The normalized spacial score (nSPS) is 20.1. The van der Waals surface area contributed by atoms with Gasteiger partial charge in [-0.25, -0.2) is 0 Å². The highest BCUT2D eigenvalue weighted by Gasteiger charge is 2.49. The fourth-order valence-electron chi connectivity index (χ4n) is 5.83. The summed E-state index contributed by atoms with van der Waals surface area (Å²) in [4.78, 5) is 2.63. The van der Waals surface area contributed by atoms with Crippen molar-refractivity contribution >= 4 is 11.8 Å². The number of hydrogen-bond donors (Lipinski definition) is 0. The summed E-state index contributed by atoms with van der Waals surface area (Å²) in [6.07, 6.45) is 8.07. The van der Waals surface area contributed by atoms with Crippen molar-refractivity contribution in [1.82, 2.24) is 4.90 Å². The first-order valence-electron chi connectivity index (χ1n) is 10.4. The number of nitrogens with zero attached hydrogens (tertiary/aromatic N) is 1. The lowest BCUT2D eigenvalue weighted by Gasteiger charge is -2.50. The fourth-order valence-corrected chi connectivity index (χ4v) is 5.83. The average Bonchev–Trinajstić information content (AvgIpc) is 3.41. The van der Waals surface area contributed by atoms with E-state index in [2.05, 4.69) is 29.2 Å². The van der Waals surface area contributed by atoms with Gasteiger partial charge < -0.3 is 23.8 Å². The lowest BCUT2D eigenvalue weighted by atomic mass is 9.76. The largest absolute Gasteiger partial charge is 0.493 e. The van der Waals surface area contributed by atoms with E-state index >= 15 is 0 Å². The van der Waals surface area contributed by atoms with Gasteiger partial charge in [-0.05, 0) is 54.7 Å². The highest BCUT2D eigenvalue weighted by molar-refractivity contribution is 5.88. The van der Waals surface area contributed by atoms with Gasteiger partial charge in [-0.3, -0.25) is 0 Å². The number of hydrogen-bond acceptors (Lipinski definition) is 5. The number of fused-ring (bicyclic) bond motifs is 7. The first-order chi connectivity index (χ1) is 14.2. The maximum atomic E-state index is 5.91. The van der Waals surface area contributed by atoms with E-state index in [1.807, 2.05) is 6.07 Å². The number of rotatable bonds is 2. The molecule has 0 radical (unpaired) electrons. The van der Waals surface area contributed by atoms with Crippen molar-refractivity contribution < 1.29 is 18.9 Å². The van der Waals surface area contributed by atoms with Crippen LogP contribution in [0.25, 0.3) is 11.8 Å². The highest BCUT2D eigenvalue weighted by Crippen LogP contribution is 2.57. The number of benzene rings is 2. The van der Waals surface area contributed by atoms with Gasteiger partial charge in [0.05, 0.1) is 19.8 Å². The third kappa shape index (κ3) is 2.21. The molecule has 0 saturated heterocycles. The maximum absolute atomic E-state index is 5.91. The molecule has 0 aromatic heterocycles. The molecule has 0 bridgehead atoms. The van der Waals surface area contributed by atoms with Gasteiger partial charge in [0.2, 0.25) is 6.79 Å². The van der Waals surface area contributed by atoms with Gasteiger partial charge in [0.15, 0.2) is 23.0 Å². The van der Waals surface area contributed by atoms with Gasteiger partial charge in [0.1, 0.15) is 0 Å². The Bertz CT molecular complexity index is 1040. The van der Waals surface area contributed by atoms with E-state index in [9.17, 15) is 0 Å². The predicted octanol–water partition coefficient (Wildman–Crippen LogP) is 4.57. The quantitative estimate of drug-likeness (QED) is 0.750. The minimum atomic E-state index is -0.0344. The molecule has 0 amide bonds. The molecule has 3 heterocycles.